The van der Waals surface area contributed by atoms with Gasteiger partial charge in [0.15, 0.2) is 11.5 Å². The van der Waals surface area contributed by atoms with Gasteiger partial charge in [-0.05, 0) is 37.1 Å². The first-order valence-electron chi connectivity index (χ1n) is 9.38. The van der Waals surface area contributed by atoms with Crippen LogP contribution in [0.25, 0.3) is 5.70 Å². The Morgan fingerprint density at radius 2 is 1.67 bits per heavy atom. The number of benzene rings is 2. The summed E-state index contributed by atoms with van der Waals surface area (Å²) in [6.07, 6.45) is -0.357. The number of urea groups is 1. The minimum Gasteiger partial charge on any atom is -0.502 e. The third kappa shape index (κ3) is 4.17. The predicted octanol–water partition coefficient (Wildman–Crippen LogP) is 3.13. The van der Waals surface area contributed by atoms with Crippen molar-refractivity contribution in [3.63, 3.8) is 0 Å². The van der Waals surface area contributed by atoms with Gasteiger partial charge in [-0.1, -0.05) is 30.3 Å². The van der Waals surface area contributed by atoms with Crippen LogP contribution in [0.1, 0.15) is 31.0 Å². The minimum atomic E-state index is -0.858. The van der Waals surface area contributed by atoms with Crippen LogP contribution in [0, 0.1) is 0 Å². The topological polar surface area (TPSA) is 106 Å². The van der Waals surface area contributed by atoms with Crippen LogP contribution in [0.4, 0.5) is 4.79 Å². The third-order valence-electron chi connectivity index (χ3n) is 4.53. The number of ether oxygens (including phenoxy) is 3. The van der Waals surface area contributed by atoms with Gasteiger partial charge in [-0.15, -0.1) is 0 Å². The number of amides is 2. The van der Waals surface area contributed by atoms with Crippen molar-refractivity contribution in [3.8, 4) is 17.2 Å². The molecule has 158 valence electrons. The average molecular weight is 412 g/mol. The molecule has 0 saturated heterocycles. The molecule has 2 amide bonds. The lowest BCUT2D eigenvalue weighted by molar-refractivity contribution is -0.143. The zero-order chi connectivity index (χ0) is 21.8. The minimum absolute atomic E-state index is 0.148. The maximum Gasteiger partial charge on any atom is 0.338 e. The van der Waals surface area contributed by atoms with Gasteiger partial charge in [0.05, 0.1) is 37.6 Å². The number of methoxy groups -OCH3 is 2. The normalized spacial score (nSPS) is 16.0. The fraction of sp³-hybridized carbons (Fsp3) is 0.273. The molecule has 0 spiro atoms. The Bertz CT molecular complexity index is 959. The van der Waals surface area contributed by atoms with Crippen molar-refractivity contribution in [2.75, 3.05) is 14.2 Å². The van der Waals surface area contributed by atoms with Gasteiger partial charge >= 0.3 is 12.0 Å². The van der Waals surface area contributed by atoms with Crippen LogP contribution in [0.5, 0.6) is 17.2 Å². The second-order valence-electron chi connectivity index (χ2n) is 6.91. The second kappa shape index (κ2) is 8.77. The van der Waals surface area contributed by atoms with Gasteiger partial charge in [-0.2, -0.15) is 0 Å². The number of hydrogen-bond donors (Lipinski definition) is 3. The van der Waals surface area contributed by atoms with Crippen molar-refractivity contribution in [1.82, 2.24) is 10.6 Å². The summed E-state index contributed by atoms with van der Waals surface area (Å²) in [5, 5.41) is 15.7. The van der Waals surface area contributed by atoms with Crippen molar-refractivity contribution in [1.29, 1.82) is 0 Å². The van der Waals surface area contributed by atoms with E-state index >= 15 is 0 Å². The highest BCUT2D eigenvalue weighted by Crippen LogP contribution is 2.41. The number of phenolic OH excluding ortho intramolecular Hbond substituents is 1. The van der Waals surface area contributed by atoms with Crippen molar-refractivity contribution in [3.05, 3.63) is 59.2 Å². The highest BCUT2D eigenvalue weighted by Gasteiger charge is 2.35. The summed E-state index contributed by atoms with van der Waals surface area (Å²) in [5.41, 5.74) is 1.72. The van der Waals surface area contributed by atoms with Crippen LogP contribution in [0.15, 0.2) is 48.0 Å². The number of rotatable bonds is 6. The molecule has 3 N–H and O–H groups in total. The van der Waals surface area contributed by atoms with Crippen molar-refractivity contribution in [2.45, 2.75) is 26.0 Å². The summed E-state index contributed by atoms with van der Waals surface area (Å²) >= 11 is 0. The molecule has 1 unspecified atom stereocenters. The predicted molar refractivity (Wildman–Crippen MR) is 110 cm³/mol. The molecule has 3 rings (SSSR count). The van der Waals surface area contributed by atoms with Crippen LogP contribution >= 0.6 is 0 Å². The molecule has 0 saturated carbocycles. The molecule has 1 aliphatic heterocycles. The monoisotopic (exact) mass is 412 g/mol. The zero-order valence-corrected chi connectivity index (χ0v) is 17.2. The fourth-order valence-corrected chi connectivity index (χ4v) is 3.22. The van der Waals surface area contributed by atoms with E-state index in [1.54, 1.807) is 38.1 Å². The van der Waals surface area contributed by atoms with E-state index in [1.807, 2.05) is 18.2 Å². The van der Waals surface area contributed by atoms with Crippen LogP contribution in [0.2, 0.25) is 0 Å². The van der Waals surface area contributed by atoms with Crippen LogP contribution in [-0.2, 0) is 9.53 Å². The number of esters is 1. The fourth-order valence-electron chi connectivity index (χ4n) is 3.22. The van der Waals surface area contributed by atoms with E-state index in [1.165, 1.54) is 14.2 Å². The summed E-state index contributed by atoms with van der Waals surface area (Å²) in [7, 11) is 2.80. The maximum absolute atomic E-state index is 13.1. The van der Waals surface area contributed by atoms with Crippen LogP contribution in [0.3, 0.4) is 0 Å². The summed E-state index contributed by atoms with van der Waals surface area (Å²) in [5.74, 6) is -0.458. The lowest BCUT2D eigenvalue weighted by atomic mass is 9.92. The lowest BCUT2D eigenvalue weighted by Crippen LogP contribution is -2.45. The molecule has 0 fully saturated rings. The molecule has 0 bridgehead atoms. The molecule has 1 atom stereocenters. The molecule has 1 heterocycles. The van der Waals surface area contributed by atoms with Gasteiger partial charge in [-0.25, -0.2) is 9.59 Å². The molecular weight excluding hydrogens is 388 g/mol. The van der Waals surface area contributed by atoms with Crippen LogP contribution in [-0.4, -0.2) is 37.4 Å². The molecule has 8 nitrogen and oxygen atoms in total. The molecule has 0 aromatic heterocycles. The van der Waals surface area contributed by atoms with Gasteiger partial charge in [0, 0.05) is 0 Å². The number of carbonyl (C=O) groups is 2. The highest BCUT2D eigenvalue weighted by molar-refractivity contribution is 6.04. The number of carbonyl (C=O) groups excluding carboxylic acids is 2. The third-order valence-corrected chi connectivity index (χ3v) is 4.53. The summed E-state index contributed by atoms with van der Waals surface area (Å²) in [4.78, 5) is 25.6. The van der Waals surface area contributed by atoms with Crippen molar-refractivity contribution in [2.24, 2.45) is 0 Å². The first-order valence-corrected chi connectivity index (χ1v) is 9.38. The largest absolute Gasteiger partial charge is 0.502 e. The number of nitrogens with one attached hydrogen (secondary N) is 2. The Morgan fingerprint density at radius 3 is 2.20 bits per heavy atom. The Labute approximate surface area is 174 Å². The first kappa shape index (κ1) is 21.0. The maximum atomic E-state index is 13.1. The number of phenols is 1. The van der Waals surface area contributed by atoms with Crippen molar-refractivity contribution >= 4 is 17.7 Å². The van der Waals surface area contributed by atoms with E-state index in [-0.39, 0.29) is 28.9 Å². The van der Waals surface area contributed by atoms with Gasteiger partial charge in [0.1, 0.15) is 0 Å². The van der Waals surface area contributed by atoms with Crippen LogP contribution < -0.4 is 20.1 Å². The molecule has 2 aromatic rings. The molecular formula is C22H24N2O6. The van der Waals surface area contributed by atoms with Gasteiger partial charge in [0.25, 0.3) is 0 Å². The quantitative estimate of drug-likeness (QED) is 0.630. The smallest absolute Gasteiger partial charge is 0.338 e. The average Bonchev–Trinajstić information content (AvgIpc) is 2.73. The molecule has 2 aromatic carbocycles. The lowest BCUT2D eigenvalue weighted by Gasteiger charge is -2.30. The molecule has 30 heavy (non-hydrogen) atoms. The van der Waals surface area contributed by atoms with E-state index < -0.39 is 18.0 Å². The Kier molecular flexibility index (Phi) is 6.15. The van der Waals surface area contributed by atoms with Gasteiger partial charge in [-0.3, -0.25) is 0 Å². The molecule has 1 aliphatic rings. The Morgan fingerprint density at radius 1 is 1.07 bits per heavy atom. The van der Waals surface area contributed by atoms with E-state index in [2.05, 4.69) is 10.6 Å². The van der Waals surface area contributed by atoms with Gasteiger partial charge in [0.2, 0.25) is 5.75 Å². The Balaban J connectivity index is 2.23. The van der Waals surface area contributed by atoms with E-state index in [0.29, 0.717) is 16.8 Å². The Hall–Kier alpha value is -3.68. The zero-order valence-electron chi connectivity index (χ0n) is 17.2. The standard InChI is InChI=1S/C22H24N2O6/c1-12(2)30-21(26)17-18(13-8-6-5-7-9-13)23-22(27)24-19(17)14-10-15(28-3)20(25)16(11-14)29-4/h5-12,19,25H,1-4H3,(H2,23,24,27). The van der Waals surface area contributed by atoms with Crippen molar-refractivity contribution < 1.29 is 28.9 Å². The highest BCUT2D eigenvalue weighted by atomic mass is 16.5. The molecule has 8 heteroatoms. The molecule has 0 aliphatic carbocycles. The van der Waals surface area contributed by atoms with Gasteiger partial charge < -0.3 is 30.0 Å². The second-order valence-corrected chi connectivity index (χ2v) is 6.91. The number of hydrogen-bond acceptors (Lipinski definition) is 6. The SMILES string of the molecule is COc1cc(C2NC(=O)NC(c3ccccc3)=C2C(=O)OC(C)C)cc(OC)c1O. The summed E-state index contributed by atoms with van der Waals surface area (Å²) < 4.78 is 15.9. The van der Waals surface area contributed by atoms with E-state index in [4.69, 9.17) is 14.2 Å². The number of aromatic hydroxyl groups is 1. The van der Waals surface area contributed by atoms with E-state index in [9.17, 15) is 14.7 Å². The first-order chi connectivity index (χ1) is 14.3. The summed E-state index contributed by atoms with van der Waals surface area (Å²) in [6.45, 7) is 3.49. The molecule has 0 radical (unpaired) electrons. The summed E-state index contributed by atoms with van der Waals surface area (Å²) in [6, 6.07) is 10.8. The van der Waals surface area contributed by atoms with E-state index in [0.717, 1.165) is 0 Å².